The zero-order valence-corrected chi connectivity index (χ0v) is 13.5. The molecule has 0 radical (unpaired) electrons. The minimum atomic E-state index is 0.179. The van der Waals surface area contributed by atoms with Crippen LogP contribution >= 0.6 is 0 Å². The molecule has 0 aliphatic heterocycles. The summed E-state index contributed by atoms with van der Waals surface area (Å²) in [6, 6.07) is 0. The van der Waals surface area contributed by atoms with E-state index in [9.17, 15) is 4.79 Å². The summed E-state index contributed by atoms with van der Waals surface area (Å²) < 4.78 is 0. The number of unbranched alkanes of at least 4 members (excludes halogenated alkanes) is 6. The number of hydrogen-bond donors (Lipinski definition) is 3. The third-order valence-electron chi connectivity index (χ3n) is 2.95. The molecule has 0 saturated carbocycles. The molecule has 0 rings (SSSR count). The Kier molecular flexibility index (Phi) is 22.4. The molecule has 1 amide bonds. The van der Waals surface area contributed by atoms with Gasteiger partial charge in [0.05, 0.1) is 0 Å². The summed E-state index contributed by atoms with van der Waals surface area (Å²) in [4.78, 5) is 11.4. The molecule has 0 aliphatic carbocycles. The lowest BCUT2D eigenvalue weighted by atomic mass is 10.1. The zero-order chi connectivity index (χ0) is 15.5. The maximum atomic E-state index is 11.4. The predicted octanol–water partition coefficient (Wildman–Crippen LogP) is 1.13. The van der Waals surface area contributed by atoms with E-state index in [1.807, 2.05) is 0 Å². The van der Waals surface area contributed by atoms with Gasteiger partial charge in [-0.15, -0.1) is 0 Å². The highest BCUT2D eigenvalue weighted by Gasteiger charge is 1.99. The van der Waals surface area contributed by atoms with Crippen molar-refractivity contribution in [2.75, 3.05) is 33.3 Å². The minimum absolute atomic E-state index is 0.179. The lowest BCUT2D eigenvalue weighted by Gasteiger charge is -2.06. The third-order valence-corrected chi connectivity index (χ3v) is 2.95. The Morgan fingerprint density at radius 1 is 0.950 bits per heavy atom. The molecule has 5 nitrogen and oxygen atoms in total. The molecule has 5 heteroatoms. The first-order valence-electron chi connectivity index (χ1n) is 7.98. The molecule has 0 saturated heterocycles. The summed E-state index contributed by atoms with van der Waals surface area (Å²) in [6.07, 6.45) is 9.44. The van der Waals surface area contributed by atoms with Crippen molar-refractivity contribution in [3.05, 3.63) is 0 Å². The van der Waals surface area contributed by atoms with Crippen LogP contribution in [0.2, 0.25) is 0 Å². The summed E-state index contributed by atoms with van der Waals surface area (Å²) in [7, 11) is 1.25. The second-order valence-corrected chi connectivity index (χ2v) is 4.76. The van der Waals surface area contributed by atoms with Gasteiger partial charge in [-0.05, 0) is 6.42 Å². The first-order valence-corrected chi connectivity index (χ1v) is 7.98. The number of nitrogens with two attached hydrogens (primary N) is 1. The van der Waals surface area contributed by atoms with Gasteiger partial charge in [-0.1, -0.05) is 45.4 Å². The summed E-state index contributed by atoms with van der Waals surface area (Å²) in [5.74, 6) is 0.179. The van der Waals surface area contributed by atoms with Gasteiger partial charge in [0.15, 0.2) is 0 Å². The molecule has 0 spiro atoms. The molecule has 6 N–H and O–H groups in total. The smallest absolute Gasteiger partial charge is 0.220 e. The van der Waals surface area contributed by atoms with Crippen LogP contribution in [0.4, 0.5) is 0 Å². The van der Waals surface area contributed by atoms with E-state index in [2.05, 4.69) is 17.6 Å². The van der Waals surface area contributed by atoms with E-state index in [1.165, 1.54) is 45.6 Å². The van der Waals surface area contributed by atoms with Crippen molar-refractivity contribution in [2.45, 2.75) is 58.3 Å². The maximum absolute atomic E-state index is 11.4. The van der Waals surface area contributed by atoms with Gasteiger partial charge in [0.1, 0.15) is 7.11 Å². The van der Waals surface area contributed by atoms with E-state index in [-0.39, 0.29) is 5.91 Å². The normalized spacial score (nSPS) is 9.80. The summed E-state index contributed by atoms with van der Waals surface area (Å²) in [6.45, 7) is 5.20. The van der Waals surface area contributed by atoms with Gasteiger partial charge in [-0.25, -0.2) is 0 Å². The van der Waals surface area contributed by atoms with E-state index in [0.717, 1.165) is 19.5 Å². The lowest BCUT2D eigenvalue weighted by Crippen LogP contribution is -2.33. The standard InChI is InChI=1S/C14H31N3O.CH4O/c1-2-3-4-5-6-7-8-9-14(18)17-13-12-16-11-10-15;1-2/h16H,2-13,15H2,1H3,(H,17,18);2H,1H3/p+1. The molecule has 0 fully saturated rings. The molecular weight excluding hydrogens is 254 g/mol. The monoisotopic (exact) mass is 290 g/mol. The van der Waals surface area contributed by atoms with Crippen LogP contribution in [0.15, 0.2) is 0 Å². The molecular formula is C15H36N3O2+. The van der Waals surface area contributed by atoms with Crippen LogP contribution in [0.1, 0.15) is 58.3 Å². The highest BCUT2D eigenvalue weighted by Crippen LogP contribution is 2.08. The van der Waals surface area contributed by atoms with Crippen molar-refractivity contribution < 1.29 is 9.90 Å². The Balaban J connectivity index is 0. The Morgan fingerprint density at radius 2 is 1.55 bits per heavy atom. The molecule has 0 unspecified atom stereocenters. The average Bonchev–Trinajstić information content (AvgIpc) is 2.48. The van der Waals surface area contributed by atoms with Crippen molar-refractivity contribution in [1.82, 2.24) is 10.6 Å². The number of carbonyl (C=O) groups excluding carboxylic acids is 1. The number of rotatable bonds is 13. The number of carbonyl (C=O) groups is 1. The molecule has 0 aromatic heterocycles. The highest BCUT2D eigenvalue weighted by molar-refractivity contribution is 5.75. The Hall–Kier alpha value is -0.650. The summed E-state index contributed by atoms with van der Waals surface area (Å²) in [5, 5.41) is 11.8. The van der Waals surface area contributed by atoms with E-state index in [0.29, 0.717) is 19.5 Å². The molecule has 0 atom stereocenters. The molecule has 0 aliphatic rings. The molecule has 0 heterocycles. The van der Waals surface area contributed by atoms with Crippen LogP contribution in [-0.4, -0.2) is 44.3 Å². The Bertz CT molecular complexity index is 190. The number of hydrogen-bond acceptors (Lipinski definition) is 3. The van der Waals surface area contributed by atoms with Crippen LogP contribution in [0.25, 0.3) is 0 Å². The van der Waals surface area contributed by atoms with Crippen molar-refractivity contribution in [2.24, 2.45) is 5.73 Å². The minimum Gasteiger partial charge on any atom is -0.448 e. The van der Waals surface area contributed by atoms with Crippen molar-refractivity contribution >= 4 is 5.91 Å². The van der Waals surface area contributed by atoms with Gasteiger partial charge in [0.2, 0.25) is 5.91 Å². The first-order chi connectivity index (χ1) is 9.81. The molecule has 122 valence electrons. The number of nitrogens with one attached hydrogen (secondary N) is 2. The van der Waals surface area contributed by atoms with Crippen LogP contribution in [0.5, 0.6) is 0 Å². The van der Waals surface area contributed by atoms with Crippen molar-refractivity contribution in [3.8, 4) is 0 Å². The topological polar surface area (TPSA) is 90.1 Å². The third kappa shape index (κ3) is 19.7. The second kappa shape index (κ2) is 20.7. The van der Waals surface area contributed by atoms with Crippen molar-refractivity contribution in [3.63, 3.8) is 0 Å². The fourth-order valence-electron chi connectivity index (χ4n) is 1.85. The van der Waals surface area contributed by atoms with Crippen LogP contribution < -0.4 is 16.4 Å². The predicted molar refractivity (Wildman–Crippen MR) is 87.1 cm³/mol. The molecule has 0 aromatic carbocycles. The molecule has 20 heavy (non-hydrogen) atoms. The quantitative estimate of drug-likeness (QED) is 0.351. The Morgan fingerprint density at radius 3 is 2.15 bits per heavy atom. The van der Waals surface area contributed by atoms with Gasteiger partial charge >= 0.3 is 0 Å². The van der Waals surface area contributed by atoms with E-state index in [4.69, 9.17) is 10.8 Å². The van der Waals surface area contributed by atoms with Crippen LogP contribution in [0, 0.1) is 0 Å². The highest BCUT2D eigenvalue weighted by atomic mass is 16.2. The van der Waals surface area contributed by atoms with Gasteiger partial charge in [-0.2, -0.15) is 0 Å². The fourth-order valence-corrected chi connectivity index (χ4v) is 1.85. The van der Waals surface area contributed by atoms with Crippen LogP contribution in [0.3, 0.4) is 0 Å². The van der Waals surface area contributed by atoms with E-state index >= 15 is 0 Å². The SMILES string of the molecule is CCCCCCCCCC(=O)NCCNCCN.C[OH2+]. The molecule has 0 aromatic rings. The lowest BCUT2D eigenvalue weighted by molar-refractivity contribution is -0.121. The largest absolute Gasteiger partial charge is 0.448 e. The fraction of sp³-hybridized carbons (Fsp3) is 0.933. The van der Waals surface area contributed by atoms with Crippen LogP contribution in [-0.2, 0) is 4.79 Å². The maximum Gasteiger partial charge on any atom is 0.220 e. The van der Waals surface area contributed by atoms with Gasteiger partial charge in [0, 0.05) is 32.6 Å². The average molecular weight is 290 g/mol. The second-order valence-electron chi connectivity index (χ2n) is 4.76. The van der Waals surface area contributed by atoms with E-state index in [1.54, 1.807) is 0 Å². The summed E-state index contributed by atoms with van der Waals surface area (Å²) >= 11 is 0. The van der Waals surface area contributed by atoms with Gasteiger partial charge in [0.25, 0.3) is 0 Å². The Labute approximate surface area is 124 Å². The molecule has 0 bridgehead atoms. The zero-order valence-electron chi connectivity index (χ0n) is 13.5. The van der Waals surface area contributed by atoms with Gasteiger partial charge < -0.3 is 21.5 Å². The van der Waals surface area contributed by atoms with Gasteiger partial charge in [-0.3, -0.25) is 4.79 Å². The number of amides is 1. The van der Waals surface area contributed by atoms with Crippen molar-refractivity contribution in [1.29, 1.82) is 0 Å². The first kappa shape index (κ1) is 21.6. The summed E-state index contributed by atoms with van der Waals surface area (Å²) in [5.41, 5.74) is 5.35. The van der Waals surface area contributed by atoms with E-state index < -0.39 is 0 Å².